The van der Waals surface area contributed by atoms with Gasteiger partial charge in [0.25, 0.3) is 5.91 Å². The number of aromatic nitrogens is 3. The van der Waals surface area contributed by atoms with E-state index in [-0.39, 0.29) is 18.2 Å². The van der Waals surface area contributed by atoms with E-state index in [9.17, 15) is 14.4 Å². The van der Waals surface area contributed by atoms with Gasteiger partial charge in [-0.1, -0.05) is 12.1 Å². The quantitative estimate of drug-likeness (QED) is 0.599. The van der Waals surface area contributed by atoms with Gasteiger partial charge in [-0.25, -0.2) is 0 Å². The molecular weight excluding hydrogens is 374 g/mol. The average molecular weight is 395 g/mol. The number of carbonyl (C=O) groups is 3. The molecule has 0 spiro atoms. The van der Waals surface area contributed by atoms with Gasteiger partial charge in [-0.3, -0.25) is 19.7 Å². The van der Waals surface area contributed by atoms with Crippen molar-refractivity contribution in [3.05, 3.63) is 41.1 Å². The Morgan fingerprint density at radius 1 is 1.21 bits per heavy atom. The van der Waals surface area contributed by atoms with Gasteiger partial charge in [0.15, 0.2) is 5.82 Å². The van der Waals surface area contributed by atoms with Crippen molar-refractivity contribution in [3.8, 4) is 0 Å². The summed E-state index contributed by atoms with van der Waals surface area (Å²) in [6.07, 6.45) is 2.32. The van der Waals surface area contributed by atoms with Crippen molar-refractivity contribution in [1.82, 2.24) is 30.5 Å². The largest absolute Gasteiger partial charge is 0.363 e. The topological polar surface area (TPSA) is 121 Å². The summed E-state index contributed by atoms with van der Waals surface area (Å²) in [5.74, 6) is -0.156. The van der Waals surface area contributed by atoms with Gasteiger partial charge in [-0.2, -0.15) is 9.90 Å². The molecule has 1 aromatic carbocycles. The van der Waals surface area contributed by atoms with Gasteiger partial charge in [-0.15, -0.1) is 5.10 Å². The summed E-state index contributed by atoms with van der Waals surface area (Å²) in [5, 5.41) is 17.4. The summed E-state index contributed by atoms with van der Waals surface area (Å²) in [5.41, 5.74) is 2.45. The summed E-state index contributed by atoms with van der Waals surface area (Å²) in [6.45, 7) is 2.66. The van der Waals surface area contributed by atoms with Crippen molar-refractivity contribution in [2.24, 2.45) is 0 Å². The number of amides is 3. The summed E-state index contributed by atoms with van der Waals surface area (Å²) in [7, 11) is 0. The molecule has 10 heteroatoms. The maximum absolute atomic E-state index is 12.9. The van der Waals surface area contributed by atoms with Gasteiger partial charge in [0, 0.05) is 38.2 Å². The van der Waals surface area contributed by atoms with Crippen LogP contribution in [0.5, 0.6) is 0 Å². The van der Waals surface area contributed by atoms with E-state index in [0.29, 0.717) is 36.9 Å². The van der Waals surface area contributed by atoms with E-state index in [2.05, 4.69) is 26.1 Å². The fraction of sp³-hybridized carbons (Fsp3) is 0.421. The van der Waals surface area contributed by atoms with Crippen molar-refractivity contribution in [3.63, 3.8) is 0 Å². The molecule has 3 aliphatic heterocycles. The number of benzene rings is 1. The van der Waals surface area contributed by atoms with E-state index in [1.807, 2.05) is 18.2 Å². The molecule has 3 aliphatic rings. The van der Waals surface area contributed by atoms with Crippen LogP contribution in [-0.2, 0) is 22.7 Å². The average Bonchev–Trinajstić information content (AvgIpc) is 3.24. The van der Waals surface area contributed by atoms with Gasteiger partial charge in [-0.05, 0) is 23.6 Å². The van der Waals surface area contributed by atoms with E-state index in [1.165, 1.54) is 0 Å². The van der Waals surface area contributed by atoms with Gasteiger partial charge >= 0.3 is 0 Å². The molecule has 150 valence electrons. The number of carbonyl (C=O) groups excluding carboxylic acids is 3. The van der Waals surface area contributed by atoms with Crippen molar-refractivity contribution in [2.45, 2.75) is 38.0 Å². The molecule has 3 N–H and O–H groups in total. The summed E-state index contributed by atoms with van der Waals surface area (Å²) in [4.78, 5) is 39.7. The molecule has 1 atom stereocenters. The first kappa shape index (κ1) is 17.8. The van der Waals surface area contributed by atoms with Crippen LogP contribution in [0.25, 0.3) is 0 Å². The molecule has 1 aromatic heterocycles. The summed E-state index contributed by atoms with van der Waals surface area (Å²) < 4.78 is 0. The van der Waals surface area contributed by atoms with Crippen molar-refractivity contribution >= 4 is 23.5 Å². The summed E-state index contributed by atoms with van der Waals surface area (Å²) in [6, 6.07) is 5.46. The molecule has 1 unspecified atom stereocenters. The molecule has 0 radical (unpaired) electrons. The number of nitrogens with one attached hydrogen (secondary N) is 3. The number of fused-ring (bicyclic) bond motifs is 1. The molecule has 0 saturated carbocycles. The minimum atomic E-state index is -0.592. The molecular formula is C19H21N7O3. The predicted octanol–water partition coefficient (Wildman–Crippen LogP) is -0.204. The summed E-state index contributed by atoms with van der Waals surface area (Å²) >= 11 is 0. The second kappa shape index (κ2) is 6.96. The number of hydrogen-bond donors (Lipinski definition) is 3. The van der Waals surface area contributed by atoms with Crippen molar-refractivity contribution in [1.29, 1.82) is 0 Å². The maximum atomic E-state index is 12.9. The van der Waals surface area contributed by atoms with E-state index in [1.54, 1.807) is 15.9 Å². The lowest BCUT2D eigenvalue weighted by Gasteiger charge is -2.29. The Labute approximate surface area is 166 Å². The van der Waals surface area contributed by atoms with E-state index in [4.69, 9.17) is 0 Å². The monoisotopic (exact) mass is 395 g/mol. The zero-order valence-corrected chi connectivity index (χ0v) is 15.7. The molecule has 5 rings (SSSR count). The number of rotatable bonds is 5. The van der Waals surface area contributed by atoms with Gasteiger partial charge in [0.2, 0.25) is 11.8 Å². The highest BCUT2D eigenvalue weighted by molar-refractivity contribution is 6.05. The molecule has 0 aliphatic carbocycles. The highest BCUT2D eigenvalue weighted by Gasteiger charge is 2.39. The lowest BCUT2D eigenvalue weighted by molar-refractivity contribution is -0.136. The maximum Gasteiger partial charge on any atom is 0.255 e. The minimum Gasteiger partial charge on any atom is -0.363 e. The molecule has 29 heavy (non-hydrogen) atoms. The Morgan fingerprint density at radius 3 is 2.83 bits per heavy atom. The Kier molecular flexibility index (Phi) is 4.27. The lowest BCUT2D eigenvalue weighted by Crippen LogP contribution is -2.52. The van der Waals surface area contributed by atoms with Crippen LogP contribution < -0.4 is 16.0 Å². The fourth-order valence-corrected chi connectivity index (χ4v) is 3.87. The van der Waals surface area contributed by atoms with E-state index < -0.39 is 11.9 Å². The number of hydrogen-bond acceptors (Lipinski definition) is 7. The number of piperidine rings is 1. The first-order valence-corrected chi connectivity index (χ1v) is 9.71. The SMILES string of the molecule is O=C1CCC(N2Cc3ccc(CNc4cnn(C5CNC5)n4)cc3C2=O)C(=O)N1. The van der Waals surface area contributed by atoms with Crippen LogP contribution in [0.15, 0.2) is 24.4 Å². The molecule has 2 saturated heterocycles. The van der Waals surface area contributed by atoms with E-state index >= 15 is 0 Å². The third kappa shape index (κ3) is 3.25. The third-order valence-corrected chi connectivity index (χ3v) is 5.66. The zero-order chi connectivity index (χ0) is 20.0. The number of nitrogens with zero attached hydrogens (tertiary/aromatic N) is 4. The minimum absolute atomic E-state index is 0.167. The van der Waals surface area contributed by atoms with Crippen LogP contribution in [0, 0.1) is 0 Å². The molecule has 2 aromatic rings. The normalized spacial score (nSPS) is 21.7. The first-order valence-electron chi connectivity index (χ1n) is 9.71. The Balaban J connectivity index is 1.26. The van der Waals surface area contributed by atoms with Crippen LogP contribution in [0.1, 0.15) is 40.4 Å². The Bertz CT molecular complexity index is 997. The van der Waals surface area contributed by atoms with Crippen LogP contribution in [0.3, 0.4) is 0 Å². The van der Waals surface area contributed by atoms with Gasteiger partial charge in [0.05, 0.1) is 12.2 Å². The van der Waals surface area contributed by atoms with Crippen LogP contribution in [-0.4, -0.2) is 56.7 Å². The van der Waals surface area contributed by atoms with Gasteiger partial charge < -0.3 is 15.5 Å². The Hall–Kier alpha value is -3.27. The second-order valence-corrected chi connectivity index (χ2v) is 7.61. The number of imide groups is 1. The highest BCUT2D eigenvalue weighted by atomic mass is 16.2. The predicted molar refractivity (Wildman–Crippen MR) is 102 cm³/mol. The van der Waals surface area contributed by atoms with E-state index in [0.717, 1.165) is 24.2 Å². The lowest BCUT2D eigenvalue weighted by atomic mass is 10.0. The fourth-order valence-electron chi connectivity index (χ4n) is 3.87. The third-order valence-electron chi connectivity index (χ3n) is 5.66. The molecule has 0 bridgehead atoms. The molecule has 2 fully saturated rings. The van der Waals surface area contributed by atoms with Crippen molar-refractivity contribution < 1.29 is 14.4 Å². The Morgan fingerprint density at radius 2 is 2.07 bits per heavy atom. The number of anilines is 1. The van der Waals surface area contributed by atoms with Crippen LogP contribution in [0.2, 0.25) is 0 Å². The zero-order valence-electron chi connectivity index (χ0n) is 15.7. The molecule has 3 amide bonds. The standard InChI is InChI=1S/C19H21N7O3/c27-17-4-3-15(18(28)23-17)25-10-12-2-1-11(5-14(12)19(25)29)6-21-16-9-22-26(24-16)13-7-20-8-13/h1-2,5,9,13,15,20H,3-4,6-8,10H2,(H,21,24)(H,23,27,28). The molecule has 10 nitrogen and oxygen atoms in total. The van der Waals surface area contributed by atoms with Crippen molar-refractivity contribution in [2.75, 3.05) is 18.4 Å². The van der Waals surface area contributed by atoms with Crippen LogP contribution in [0.4, 0.5) is 5.82 Å². The van der Waals surface area contributed by atoms with Crippen LogP contribution >= 0.6 is 0 Å². The van der Waals surface area contributed by atoms with Gasteiger partial charge in [0.1, 0.15) is 6.04 Å². The smallest absolute Gasteiger partial charge is 0.255 e. The first-order chi connectivity index (χ1) is 14.1. The molecule has 4 heterocycles. The second-order valence-electron chi connectivity index (χ2n) is 7.61. The highest BCUT2D eigenvalue weighted by Crippen LogP contribution is 2.28.